The van der Waals surface area contributed by atoms with Crippen LogP contribution in [0.3, 0.4) is 0 Å². The van der Waals surface area contributed by atoms with Crippen molar-refractivity contribution in [3.05, 3.63) is 71.3 Å². The molecule has 5 heteroatoms. The SMILES string of the molecule is CCCCCCC(=NOC(C)=O)C(=O)c1ccc(C(=O)c2ccccc2)cc1. The van der Waals surface area contributed by atoms with Gasteiger partial charge in [-0.1, -0.05) is 85.9 Å². The first-order valence-electron chi connectivity index (χ1n) is 9.52. The third-order valence-corrected chi connectivity index (χ3v) is 4.26. The normalized spacial score (nSPS) is 11.1. The number of carbonyl (C=O) groups excluding carboxylic acids is 3. The Balaban J connectivity index is 2.14. The van der Waals surface area contributed by atoms with Crippen LogP contribution in [0.25, 0.3) is 0 Å². The van der Waals surface area contributed by atoms with Crippen LogP contribution in [0.4, 0.5) is 0 Å². The molecule has 0 unspecified atom stereocenters. The second-order valence-corrected chi connectivity index (χ2v) is 6.53. The van der Waals surface area contributed by atoms with Crippen LogP contribution < -0.4 is 0 Å². The fourth-order valence-corrected chi connectivity index (χ4v) is 2.74. The molecule has 2 aromatic rings. The van der Waals surface area contributed by atoms with Crippen LogP contribution in [0.5, 0.6) is 0 Å². The van der Waals surface area contributed by atoms with E-state index in [-0.39, 0.29) is 17.3 Å². The number of benzene rings is 2. The van der Waals surface area contributed by atoms with E-state index in [1.807, 2.05) is 6.07 Å². The number of Topliss-reactive ketones (excluding diaryl/α,β-unsaturated/α-hetero) is 1. The Labute approximate surface area is 165 Å². The van der Waals surface area contributed by atoms with Gasteiger partial charge in [0.25, 0.3) is 0 Å². The fraction of sp³-hybridized carbons (Fsp3) is 0.304. The average molecular weight is 379 g/mol. The van der Waals surface area contributed by atoms with Crippen LogP contribution >= 0.6 is 0 Å². The highest BCUT2D eigenvalue weighted by Gasteiger charge is 2.17. The lowest BCUT2D eigenvalue weighted by molar-refractivity contribution is -0.140. The maximum absolute atomic E-state index is 12.8. The molecule has 0 aromatic heterocycles. The van der Waals surface area contributed by atoms with Crippen molar-refractivity contribution in [3.63, 3.8) is 0 Å². The zero-order chi connectivity index (χ0) is 20.4. The lowest BCUT2D eigenvalue weighted by Gasteiger charge is -2.07. The molecule has 2 aromatic carbocycles. The first kappa shape index (κ1) is 21.2. The molecule has 0 aliphatic heterocycles. The topological polar surface area (TPSA) is 72.8 Å². The smallest absolute Gasteiger partial charge is 0.318 e. The monoisotopic (exact) mass is 379 g/mol. The van der Waals surface area contributed by atoms with E-state index >= 15 is 0 Å². The summed E-state index contributed by atoms with van der Waals surface area (Å²) in [5, 5.41) is 3.75. The first-order valence-corrected chi connectivity index (χ1v) is 9.52. The number of ketones is 2. The Morgan fingerprint density at radius 3 is 2.04 bits per heavy atom. The maximum Gasteiger partial charge on any atom is 0.331 e. The average Bonchev–Trinajstić information content (AvgIpc) is 2.73. The highest BCUT2D eigenvalue weighted by molar-refractivity contribution is 6.45. The van der Waals surface area contributed by atoms with Gasteiger partial charge in [0.2, 0.25) is 5.78 Å². The zero-order valence-electron chi connectivity index (χ0n) is 16.3. The van der Waals surface area contributed by atoms with Gasteiger partial charge < -0.3 is 4.84 Å². The summed E-state index contributed by atoms with van der Waals surface area (Å²) in [7, 11) is 0. The number of nitrogens with zero attached hydrogens (tertiary/aromatic N) is 1. The summed E-state index contributed by atoms with van der Waals surface area (Å²) < 4.78 is 0. The lowest BCUT2D eigenvalue weighted by Crippen LogP contribution is -2.16. The van der Waals surface area contributed by atoms with Gasteiger partial charge in [0.15, 0.2) is 5.78 Å². The minimum Gasteiger partial charge on any atom is -0.318 e. The van der Waals surface area contributed by atoms with E-state index in [1.54, 1.807) is 48.5 Å². The molecule has 0 bridgehead atoms. The summed E-state index contributed by atoms with van der Waals surface area (Å²) in [5.41, 5.74) is 1.72. The number of hydrogen-bond acceptors (Lipinski definition) is 5. The van der Waals surface area contributed by atoms with Gasteiger partial charge in [-0.2, -0.15) is 0 Å². The molecule has 0 heterocycles. The van der Waals surface area contributed by atoms with Crippen LogP contribution in [0.15, 0.2) is 59.8 Å². The van der Waals surface area contributed by atoms with Gasteiger partial charge in [-0.15, -0.1) is 0 Å². The minimum absolute atomic E-state index is 0.104. The second kappa shape index (κ2) is 10.9. The molecular formula is C23H25NO4. The van der Waals surface area contributed by atoms with Crippen LogP contribution in [0, 0.1) is 0 Å². The van der Waals surface area contributed by atoms with Crippen LogP contribution in [0.2, 0.25) is 0 Å². The lowest BCUT2D eigenvalue weighted by atomic mass is 9.98. The summed E-state index contributed by atoms with van der Waals surface area (Å²) >= 11 is 0. The van der Waals surface area contributed by atoms with Crippen molar-refractivity contribution in [1.82, 2.24) is 0 Å². The standard InChI is InChI=1S/C23H25NO4/c1-3-4-5-9-12-21(24-28-17(2)25)23(27)20-15-13-19(14-16-20)22(26)18-10-7-6-8-11-18/h6-8,10-11,13-16H,3-5,9,12H2,1-2H3. The van der Waals surface area contributed by atoms with Gasteiger partial charge in [0.05, 0.1) is 0 Å². The minimum atomic E-state index is -0.567. The molecule has 0 spiro atoms. The predicted molar refractivity (Wildman–Crippen MR) is 109 cm³/mol. The summed E-state index contributed by atoms with van der Waals surface area (Å²) in [6.07, 6.45) is 4.38. The van der Waals surface area contributed by atoms with E-state index in [4.69, 9.17) is 4.84 Å². The Bertz CT molecular complexity index is 839. The van der Waals surface area contributed by atoms with Crippen LogP contribution in [0.1, 0.15) is 72.2 Å². The number of unbranched alkanes of at least 4 members (excludes halogenated alkanes) is 3. The Morgan fingerprint density at radius 1 is 0.821 bits per heavy atom. The van der Waals surface area contributed by atoms with Gasteiger partial charge in [-0.3, -0.25) is 9.59 Å². The molecule has 0 radical (unpaired) electrons. The van der Waals surface area contributed by atoms with Crippen molar-refractivity contribution in [3.8, 4) is 0 Å². The third kappa shape index (κ3) is 6.27. The molecule has 146 valence electrons. The molecule has 5 nitrogen and oxygen atoms in total. The number of carbonyl (C=O) groups is 3. The van der Waals surface area contributed by atoms with Crippen molar-refractivity contribution < 1.29 is 19.2 Å². The molecule has 0 amide bonds. The van der Waals surface area contributed by atoms with Gasteiger partial charge in [0, 0.05) is 23.6 Å². The van der Waals surface area contributed by atoms with Crippen molar-refractivity contribution >= 4 is 23.2 Å². The molecule has 0 fully saturated rings. The third-order valence-electron chi connectivity index (χ3n) is 4.26. The predicted octanol–water partition coefficient (Wildman–Crippen LogP) is 4.99. The van der Waals surface area contributed by atoms with E-state index in [0.717, 1.165) is 25.7 Å². The highest BCUT2D eigenvalue weighted by atomic mass is 16.7. The van der Waals surface area contributed by atoms with E-state index in [2.05, 4.69) is 12.1 Å². The molecule has 0 aliphatic rings. The largest absolute Gasteiger partial charge is 0.331 e. The number of oxime groups is 1. The molecule has 0 saturated carbocycles. The van der Waals surface area contributed by atoms with Crippen molar-refractivity contribution in [2.75, 3.05) is 0 Å². The molecule has 0 saturated heterocycles. The first-order chi connectivity index (χ1) is 13.5. The van der Waals surface area contributed by atoms with Gasteiger partial charge in [-0.05, 0) is 12.8 Å². The van der Waals surface area contributed by atoms with Gasteiger partial charge >= 0.3 is 5.97 Å². The Hall–Kier alpha value is -3.08. The number of hydrogen-bond donors (Lipinski definition) is 0. The fourth-order valence-electron chi connectivity index (χ4n) is 2.74. The summed E-state index contributed by atoms with van der Waals surface area (Å²) in [6.45, 7) is 3.35. The van der Waals surface area contributed by atoms with Crippen LogP contribution in [-0.4, -0.2) is 23.2 Å². The quantitative estimate of drug-likeness (QED) is 0.192. The van der Waals surface area contributed by atoms with Crippen molar-refractivity contribution in [2.45, 2.75) is 46.0 Å². The van der Waals surface area contributed by atoms with Crippen molar-refractivity contribution in [2.24, 2.45) is 5.16 Å². The highest BCUT2D eigenvalue weighted by Crippen LogP contribution is 2.14. The van der Waals surface area contributed by atoms with E-state index in [0.29, 0.717) is 23.1 Å². The Morgan fingerprint density at radius 2 is 1.43 bits per heavy atom. The summed E-state index contributed by atoms with van der Waals surface area (Å²) in [4.78, 5) is 41.0. The van der Waals surface area contributed by atoms with Gasteiger partial charge in [0.1, 0.15) is 5.71 Å². The van der Waals surface area contributed by atoms with E-state index in [9.17, 15) is 14.4 Å². The molecular weight excluding hydrogens is 354 g/mol. The zero-order valence-corrected chi connectivity index (χ0v) is 16.3. The van der Waals surface area contributed by atoms with E-state index in [1.165, 1.54) is 6.92 Å². The summed E-state index contributed by atoms with van der Waals surface area (Å²) in [6, 6.07) is 15.4. The molecule has 28 heavy (non-hydrogen) atoms. The summed E-state index contributed by atoms with van der Waals surface area (Å²) in [5.74, 6) is -0.966. The number of rotatable bonds is 10. The molecule has 0 N–H and O–H groups in total. The second-order valence-electron chi connectivity index (χ2n) is 6.53. The van der Waals surface area contributed by atoms with E-state index < -0.39 is 5.97 Å². The van der Waals surface area contributed by atoms with Crippen molar-refractivity contribution in [1.29, 1.82) is 0 Å². The van der Waals surface area contributed by atoms with Crippen LogP contribution in [-0.2, 0) is 9.63 Å². The molecule has 0 aliphatic carbocycles. The molecule has 0 atom stereocenters. The maximum atomic E-state index is 12.8. The Kier molecular flexibility index (Phi) is 8.28. The van der Waals surface area contributed by atoms with Gasteiger partial charge in [-0.25, -0.2) is 4.79 Å². The molecule has 2 rings (SSSR count).